The molecule has 1 saturated heterocycles. The molecule has 2 heterocycles. The molecule has 1 aromatic heterocycles. The van der Waals surface area contributed by atoms with Crippen LogP contribution in [0.1, 0.15) is 11.4 Å². The molecule has 4 aromatic rings. The molecule has 5 rings (SSSR count). The molecule has 0 saturated carbocycles. The van der Waals surface area contributed by atoms with E-state index in [-0.39, 0.29) is 23.9 Å². The third kappa shape index (κ3) is 4.32. The number of aromatic nitrogens is 2. The summed E-state index contributed by atoms with van der Waals surface area (Å²) in [5.74, 6) is 0.687. The Morgan fingerprint density at radius 1 is 0.971 bits per heavy atom. The van der Waals surface area contributed by atoms with Gasteiger partial charge in [0, 0.05) is 42.7 Å². The van der Waals surface area contributed by atoms with Crippen LogP contribution in [0.4, 0.5) is 0 Å². The number of carbonyl (C=O) groups excluding carboxylic acids is 1. The van der Waals surface area contributed by atoms with Crippen LogP contribution in [0.3, 0.4) is 0 Å². The number of sulfonamides is 1. The highest BCUT2D eigenvalue weighted by molar-refractivity contribution is 7.89. The second kappa shape index (κ2) is 8.87. The maximum atomic E-state index is 13.2. The van der Waals surface area contributed by atoms with E-state index in [4.69, 9.17) is 11.6 Å². The lowest BCUT2D eigenvalue weighted by Gasteiger charge is -2.33. The molecule has 1 aliphatic heterocycles. The molecule has 0 radical (unpaired) electrons. The first kappa shape index (κ1) is 22.6. The largest absolute Gasteiger partial charge is 0.336 e. The number of piperazine rings is 1. The molecule has 0 bridgehead atoms. The number of imidazole rings is 1. The predicted octanol–water partition coefficient (Wildman–Crippen LogP) is 4.02. The quantitative estimate of drug-likeness (QED) is 0.420. The van der Waals surface area contributed by atoms with Crippen molar-refractivity contribution >= 4 is 38.3 Å². The number of fused-ring (bicyclic) bond motifs is 1. The normalized spacial score (nSPS) is 15.2. The van der Waals surface area contributed by atoms with Crippen molar-refractivity contribution in [3.8, 4) is 5.69 Å². The standard InChI is InChI=1S/C25H23ClN4O3S/c1-18-27-10-11-30(18)23-7-2-19(3-8-23)16-28-12-13-29(17-25(28)31)34(32,33)24-9-5-20-14-22(26)6-4-21(20)15-24/h2-11,14-15H,12-13,16-17H2,1H3. The lowest BCUT2D eigenvalue weighted by Crippen LogP contribution is -2.51. The van der Waals surface area contributed by atoms with E-state index in [0.717, 1.165) is 27.8 Å². The van der Waals surface area contributed by atoms with Gasteiger partial charge < -0.3 is 9.47 Å². The average Bonchev–Trinajstić information content (AvgIpc) is 3.26. The number of amides is 1. The summed E-state index contributed by atoms with van der Waals surface area (Å²) in [6.45, 7) is 2.79. The molecule has 1 amide bonds. The van der Waals surface area contributed by atoms with Crippen molar-refractivity contribution in [3.63, 3.8) is 0 Å². The van der Waals surface area contributed by atoms with E-state index in [1.165, 1.54) is 4.31 Å². The van der Waals surface area contributed by atoms with Gasteiger partial charge in [-0.25, -0.2) is 13.4 Å². The topological polar surface area (TPSA) is 75.5 Å². The Morgan fingerprint density at radius 3 is 2.41 bits per heavy atom. The number of hydrogen-bond donors (Lipinski definition) is 0. The summed E-state index contributed by atoms with van der Waals surface area (Å²) in [5, 5.41) is 2.24. The fourth-order valence-electron chi connectivity index (χ4n) is 4.20. The zero-order chi connectivity index (χ0) is 23.9. The van der Waals surface area contributed by atoms with Crippen LogP contribution in [-0.4, -0.2) is 52.7 Å². The molecule has 0 aliphatic carbocycles. The summed E-state index contributed by atoms with van der Waals surface area (Å²) < 4.78 is 29.7. The highest BCUT2D eigenvalue weighted by Crippen LogP contribution is 2.25. The Labute approximate surface area is 203 Å². The zero-order valence-electron chi connectivity index (χ0n) is 18.6. The summed E-state index contributed by atoms with van der Waals surface area (Å²) in [6, 6.07) is 18.2. The Bertz CT molecular complexity index is 1480. The maximum Gasteiger partial charge on any atom is 0.243 e. The molecule has 0 unspecified atom stereocenters. The van der Waals surface area contributed by atoms with Crippen LogP contribution >= 0.6 is 11.6 Å². The van der Waals surface area contributed by atoms with E-state index in [1.54, 1.807) is 47.5 Å². The van der Waals surface area contributed by atoms with Gasteiger partial charge in [-0.05, 0) is 59.7 Å². The lowest BCUT2D eigenvalue weighted by molar-refractivity contribution is -0.134. The number of halogens is 1. The predicted molar refractivity (Wildman–Crippen MR) is 131 cm³/mol. The summed E-state index contributed by atoms with van der Waals surface area (Å²) in [4.78, 5) is 18.9. The molecule has 1 fully saturated rings. The van der Waals surface area contributed by atoms with Gasteiger partial charge in [-0.15, -0.1) is 0 Å². The van der Waals surface area contributed by atoms with E-state index >= 15 is 0 Å². The summed E-state index contributed by atoms with van der Waals surface area (Å²) in [6.07, 6.45) is 3.65. The van der Waals surface area contributed by atoms with Gasteiger partial charge in [-0.2, -0.15) is 4.31 Å². The molecule has 34 heavy (non-hydrogen) atoms. The minimum absolute atomic E-state index is 0.173. The lowest BCUT2D eigenvalue weighted by atomic mass is 10.1. The summed E-state index contributed by atoms with van der Waals surface area (Å²) in [5.41, 5.74) is 1.98. The average molecular weight is 495 g/mol. The van der Waals surface area contributed by atoms with Gasteiger partial charge >= 0.3 is 0 Å². The van der Waals surface area contributed by atoms with E-state index in [2.05, 4.69) is 4.98 Å². The zero-order valence-corrected chi connectivity index (χ0v) is 20.1. The number of nitrogens with zero attached hydrogens (tertiary/aromatic N) is 4. The van der Waals surface area contributed by atoms with Gasteiger partial charge in [0.15, 0.2) is 0 Å². The number of rotatable bonds is 5. The second-order valence-electron chi connectivity index (χ2n) is 8.32. The first-order chi connectivity index (χ1) is 16.3. The van der Waals surface area contributed by atoms with E-state index in [0.29, 0.717) is 18.1 Å². The molecule has 0 N–H and O–H groups in total. The van der Waals surface area contributed by atoms with Crippen molar-refractivity contribution < 1.29 is 13.2 Å². The minimum atomic E-state index is -3.78. The molecular weight excluding hydrogens is 472 g/mol. The number of benzene rings is 3. The molecule has 0 spiro atoms. The van der Waals surface area contributed by atoms with Crippen molar-refractivity contribution in [2.75, 3.05) is 19.6 Å². The fraction of sp³-hybridized carbons (Fsp3) is 0.200. The molecule has 0 atom stereocenters. The molecule has 9 heteroatoms. The van der Waals surface area contributed by atoms with Crippen LogP contribution in [-0.2, 0) is 21.4 Å². The van der Waals surface area contributed by atoms with E-state index in [1.807, 2.05) is 42.0 Å². The Balaban J connectivity index is 1.27. The molecule has 3 aromatic carbocycles. The number of carbonyl (C=O) groups is 1. The van der Waals surface area contributed by atoms with Crippen LogP contribution in [0.5, 0.6) is 0 Å². The van der Waals surface area contributed by atoms with Crippen molar-refractivity contribution in [1.82, 2.24) is 18.8 Å². The molecule has 1 aliphatic rings. The first-order valence-corrected chi connectivity index (χ1v) is 12.7. The molecule has 174 valence electrons. The highest BCUT2D eigenvalue weighted by atomic mass is 35.5. The minimum Gasteiger partial charge on any atom is -0.336 e. The summed E-state index contributed by atoms with van der Waals surface area (Å²) >= 11 is 6.02. The van der Waals surface area contributed by atoms with Crippen LogP contribution < -0.4 is 0 Å². The van der Waals surface area contributed by atoms with Gasteiger partial charge in [-0.1, -0.05) is 35.9 Å². The van der Waals surface area contributed by atoms with Crippen LogP contribution in [0.25, 0.3) is 16.5 Å². The Hall–Kier alpha value is -3.20. The van der Waals surface area contributed by atoms with Gasteiger partial charge in [0.25, 0.3) is 0 Å². The number of aryl methyl sites for hydroxylation is 1. The van der Waals surface area contributed by atoms with Crippen LogP contribution in [0, 0.1) is 6.92 Å². The van der Waals surface area contributed by atoms with Gasteiger partial charge in [-0.3, -0.25) is 4.79 Å². The van der Waals surface area contributed by atoms with Gasteiger partial charge in [0.05, 0.1) is 11.4 Å². The smallest absolute Gasteiger partial charge is 0.243 e. The second-order valence-corrected chi connectivity index (χ2v) is 10.7. The van der Waals surface area contributed by atoms with Crippen molar-refractivity contribution in [2.45, 2.75) is 18.4 Å². The van der Waals surface area contributed by atoms with Crippen molar-refractivity contribution in [1.29, 1.82) is 0 Å². The fourth-order valence-corrected chi connectivity index (χ4v) is 5.79. The van der Waals surface area contributed by atoms with Gasteiger partial charge in [0.1, 0.15) is 5.82 Å². The summed E-state index contributed by atoms with van der Waals surface area (Å²) in [7, 11) is -3.78. The first-order valence-electron chi connectivity index (χ1n) is 10.9. The van der Waals surface area contributed by atoms with E-state index < -0.39 is 10.0 Å². The third-order valence-corrected chi connectivity index (χ3v) is 8.19. The van der Waals surface area contributed by atoms with Crippen molar-refractivity contribution in [2.24, 2.45) is 0 Å². The van der Waals surface area contributed by atoms with Crippen LogP contribution in [0.2, 0.25) is 5.02 Å². The molecule has 7 nitrogen and oxygen atoms in total. The van der Waals surface area contributed by atoms with E-state index in [9.17, 15) is 13.2 Å². The number of hydrogen-bond acceptors (Lipinski definition) is 4. The van der Waals surface area contributed by atoms with Crippen molar-refractivity contribution in [3.05, 3.63) is 89.5 Å². The van der Waals surface area contributed by atoms with Crippen LogP contribution in [0.15, 0.2) is 78.0 Å². The highest BCUT2D eigenvalue weighted by Gasteiger charge is 2.33. The Kier molecular flexibility index (Phi) is 5.89. The monoisotopic (exact) mass is 494 g/mol. The SMILES string of the molecule is Cc1nccn1-c1ccc(CN2CCN(S(=O)(=O)c3ccc4cc(Cl)ccc4c3)CC2=O)cc1. The Morgan fingerprint density at radius 2 is 1.71 bits per heavy atom. The molecular formula is C25H23ClN4O3S. The third-order valence-electron chi connectivity index (χ3n) is 6.11. The maximum absolute atomic E-state index is 13.2. The van der Waals surface area contributed by atoms with Gasteiger partial charge in [0.2, 0.25) is 15.9 Å².